The van der Waals surface area contributed by atoms with Crippen molar-refractivity contribution >= 4 is 22.6 Å². The smallest absolute Gasteiger partial charge is 0.268 e. The van der Waals surface area contributed by atoms with E-state index in [1.807, 2.05) is 22.6 Å². The molecule has 0 fully saturated rings. The van der Waals surface area contributed by atoms with Gasteiger partial charge in [0.2, 0.25) is 0 Å². The van der Waals surface area contributed by atoms with Gasteiger partial charge in [-0.15, -0.1) is 0 Å². The largest absolute Gasteiger partial charge is 0.417 e. The molecule has 0 unspecified atom stereocenters. The van der Waals surface area contributed by atoms with Crippen LogP contribution in [0.1, 0.15) is 0 Å². The Bertz CT molecular complexity index is 447. The molecule has 0 saturated heterocycles. The number of hydrogen-bond acceptors (Lipinski definition) is 2. The summed E-state index contributed by atoms with van der Waals surface area (Å²) in [6, 6.07) is 0. The molecule has 0 N–H and O–H groups in total. The molecule has 0 aromatic carbocycles. The number of alkyl halides is 3. The SMILES string of the molecule is FC(F)(F)C1=CN(n2cc(I)cn2)CC=C1. The molecule has 16 heavy (non-hydrogen) atoms. The van der Waals surface area contributed by atoms with E-state index in [4.69, 9.17) is 0 Å². The summed E-state index contributed by atoms with van der Waals surface area (Å²) in [6.07, 6.45) is 2.49. The van der Waals surface area contributed by atoms with Crippen molar-refractivity contribution in [2.24, 2.45) is 0 Å². The van der Waals surface area contributed by atoms with Crippen molar-refractivity contribution in [3.05, 3.63) is 39.9 Å². The summed E-state index contributed by atoms with van der Waals surface area (Å²) in [5.74, 6) is 0. The Hall–Kier alpha value is -0.990. The average Bonchev–Trinajstić information content (AvgIpc) is 2.64. The van der Waals surface area contributed by atoms with Crippen molar-refractivity contribution in [2.75, 3.05) is 11.6 Å². The van der Waals surface area contributed by atoms with Crippen LogP contribution < -0.4 is 5.01 Å². The van der Waals surface area contributed by atoms with E-state index >= 15 is 0 Å². The fourth-order valence-electron chi connectivity index (χ4n) is 1.29. The molecule has 2 heterocycles. The van der Waals surface area contributed by atoms with Crippen LogP contribution in [0.15, 0.2) is 36.3 Å². The Morgan fingerprint density at radius 3 is 2.69 bits per heavy atom. The lowest BCUT2D eigenvalue weighted by molar-refractivity contribution is -0.0886. The highest BCUT2D eigenvalue weighted by atomic mass is 127. The zero-order valence-electron chi connectivity index (χ0n) is 7.95. The van der Waals surface area contributed by atoms with Crippen LogP contribution in [0.5, 0.6) is 0 Å². The molecule has 0 spiro atoms. The third kappa shape index (κ3) is 2.39. The van der Waals surface area contributed by atoms with Gasteiger partial charge in [-0.25, -0.2) is 0 Å². The molecule has 0 bridgehead atoms. The lowest BCUT2D eigenvalue weighted by Gasteiger charge is -2.23. The minimum Gasteiger partial charge on any atom is -0.268 e. The average molecular weight is 341 g/mol. The summed E-state index contributed by atoms with van der Waals surface area (Å²) < 4.78 is 38.2. The maximum Gasteiger partial charge on any atom is 0.417 e. The van der Waals surface area contributed by atoms with Gasteiger partial charge in [0.15, 0.2) is 0 Å². The Kier molecular flexibility index (Phi) is 2.96. The van der Waals surface area contributed by atoms with Crippen molar-refractivity contribution < 1.29 is 13.2 Å². The van der Waals surface area contributed by atoms with E-state index in [0.29, 0.717) is 6.54 Å². The molecule has 0 aliphatic carbocycles. The molecule has 3 nitrogen and oxygen atoms in total. The summed E-state index contributed by atoms with van der Waals surface area (Å²) in [5, 5.41) is 5.34. The van der Waals surface area contributed by atoms with E-state index < -0.39 is 11.7 Å². The van der Waals surface area contributed by atoms with E-state index in [1.165, 1.54) is 15.9 Å². The van der Waals surface area contributed by atoms with E-state index in [-0.39, 0.29) is 0 Å². The van der Waals surface area contributed by atoms with Gasteiger partial charge in [-0.2, -0.15) is 23.1 Å². The van der Waals surface area contributed by atoms with Crippen LogP contribution in [-0.2, 0) is 0 Å². The van der Waals surface area contributed by atoms with Gasteiger partial charge in [0.05, 0.1) is 28.1 Å². The normalized spacial score (nSPS) is 16.5. The van der Waals surface area contributed by atoms with Crippen molar-refractivity contribution in [3.8, 4) is 0 Å². The molecule has 1 aromatic heterocycles. The minimum absolute atomic E-state index is 0.372. The Morgan fingerprint density at radius 2 is 2.12 bits per heavy atom. The maximum atomic E-state index is 12.5. The molecular weight excluding hydrogens is 334 g/mol. The summed E-state index contributed by atoms with van der Waals surface area (Å²) >= 11 is 2.05. The molecule has 86 valence electrons. The molecule has 0 saturated carbocycles. The topological polar surface area (TPSA) is 21.1 Å². The third-order valence-electron chi connectivity index (χ3n) is 2.01. The van der Waals surface area contributed by atoms with Crippen LogP contribution in [0, 0.1) is 3.57 Å². The second-order valence-corrected chi connectivity index (χ2v) is 4.43. The number of halogens is 4. The fraction of sp³-hybridized carbons (Fsp3) is 0.222. The third-order valence-corrected chi connectivity index (χ3v) is 2.56. The number of rotatable bonds is 1. The van der Waals surface area contributed by atoms with Gasteiger partial charge in [0.1, 0.15) is 0 Å². The Labute approximate surface area is 103 Å². The van der Waals surface area contributed by atoms with Gasteiger partial charge in [0.25, 0.3) is 0 Å². The predicted molar refractivity (Wildman–Crippen MR) is 61.3 cm³/mol. The standard InChI is InChI=1S/C9H7F3IN3/c10-9(11,12)7-2-1-3-15(5-7)16-6-8(13)4-14-16/h1-2,4-6H,3H2. The zero-order chi connectivity index (χ0) is 11.8. The highest BCUT2D eigenvalue weighted by Gasteiger charge is 2.33. The molecular formula is C9H7F3IN3. The van der Waals surface area contributed by atoms with Crippen LogP contribution in [0.3, 0.4) is 0 Å². The summed E-state index contributed by atoms with van der Waals surface area (Å²) in [6.45, 7) is 0.372. The van der Waals surface area contributed by atoms with Gasteiger partial charge >= 0.3 is 6.18 Å². The molecule has 0 radical (unpaired) electrons. The number of aromatic nitrogens is 2. The van der Waals surface area contributed by atoms with Crippen LogP contribution >= 0.6 is 22.6 Å². The highest BCUT2D eigenvalue weighted by Crippen LogP contribution is 2.28. The first-order valence-electron chi connectivity index (χ1n) is 4.39. The zero-order valence-corrected chi connectivity index (χ0v) is 10.1. The molecule has 0 atom stereocenters. The van der Waals surface area contributed by atoms with Crippen molar-refractivity contribution in [3.63, 3.8) is 0 Å². The van der Waals surface area contributed by atoms with Crippen molar-refractivity contribution in [1.29, 1.82) is 0 Å². The minimum atomic E-state index is -4.32. The maximum absolute atomic E-state index is 12.5. The van der Waals surface area contributed by atoms with Gasteiger partial charge in [0, 0.05) is 6.20 Å². The van der Waals surface area contributed by atoms with E-state index in [0.717, 1.165) is 15.8 Å². The Morgan fingerprint density at radius 1 is 1.38 bits per heavy atom. The lowest BCUT2D eigenvalue weighted by atomic mass is 10.2. The monoisotopic (exact) mass is 341 g/mol. The van der Waals surface area contributed by atoms with E-state index in [2.05, 4.69) is 5.10 Å². The second kappa shape index (κ2) is 4.11. The summed E-state index contributed by atoms with van der Waals surface area (Å²) in [7, 11) is 0. The van der Waals surface area contributed by atoms with Crippen molar-refractivity contribution in [1.82, 2.24) is 9.89 Å². The fourth-order valence-corrected chi connectivity index (χ4v) is 1.66. The van der Waals surface area contributed by atoms with Gasteiger partial charge in [-0.3, -0.25) is 5.01 Å². The van der Waals surface area contributed by atoms with Crippen LogP contribution in [0.4, 0.5) is 13.2 Å². The van der Waals surface area contributed by atoms with Crippen molar-refractivity contribution in [2.45, 2.75) is 6.18 Å². The van der Waals surface area contributed by atoms with Crippen LogP contribution in [0.2, 0.25) is 0 Å². The first-order valence-corrected chi connectivity index (χ1v) is 5.47. The first kappa shape index (κ1) is 11.5. The molecule has 1 aliphatic heterocycles. The van der Waals surface area contributed by atoms with Gasteiger partial charge < -0.3 is 0 Å². The highest BCUT2D eigenvalue weighted by molar-refractivity contribution is 14.1. The van der Waals surface area contributed by atoms with E-state index in [1.54, 1.807) is 12.4 Å². The number of nitrogens with zero attached hydrogens (tertiary/aromatic N) is 3. The van der Waals surface area contributed by atoms with Gasteiger partial charge in [-0.1, -0.05) is 12.2 Å². The number of allylic oxidation sites excluding steroid dienone is 2. The van der Waals surface area contributed by atoms with E-state index in [9.17, 15) is 13.2 Å². The van der Waals surface area contributed by atoms with Crippen LogP contribution in [-0.4, -0.2) is 22.6 Å². The molecule has 0 amide bonds. The molecule has 7 heteroatoms. The molecule has 2 rings (SSSR count). The summed E-state index contributed by atoms with van der Waals surface area (Å²) in [5.41, 5.74) is -0.677. The van der Waals surface area contributed by atoms with Gasteiger partial charge in [-0.05, 0) is 22.6 Å². The molecule has 1 aliphatic rings. The number of hydrogen-bond donors (Lipinski definition) is 0. The Balaban J connectivity index is 2.26. The first-order chi connectivity index (χ1) is 7.47. The van der Waals surface area contributed by atoms with Crippen LogP contribution in [0.25, 0.3) is 0 Å². The quantitative estimate of drug-likeness (QED) is 0.732. The second-order valence-electron chi connectivity index (χ2n) is 3.19. The molecule has 1 aromatic rings. The summed E-state index contributed by atoms with van der Waals surface area (Å²) in [4.78, 5) is 1.39. The lowest BCUT2D eigenvalue weighted by Crippen LogP contribution is -2.33. The predicted octanol–water partition coefficient (Wildman–Crippen LogP) is 2.44.